The number of fused-ring (bicyclic) bond motifs is 1. The Balaban J connectivity index is 1.14. The fourth-order valence-corrected chi connectivity index (χ4v) is 7.35. The lowest BCUT2D eigenvalue weighted by Crippen LogP contribution is -2.59. The Labute approximate surface area is 293 Å². The first-order valence-electron chi connectivity index (χ1n) is 16.2. The van der Waals surface area contributed by atoms with Gasteiger partial charge in [0.1, 0.15) is 5.65 Å². The first kappa shape index (κ1) is 33.2. The van der Waals surface area contributed by atoms with E-state index in [0.717, 1.165) is 39.8 Å². The number of β-amino-alcohol motifs (C(OH)–C–C–N with tert-alkyl or cyclic N) is 1. The third-order valence-electron chi connectivity index (χ3n) is 9.02. The van der Waals surface area contributed by atoms with Crippen LogP contribution in [0, 0.1) is 0 Å². The molecule has 0 saturated carbocycles. The van der Waals surface area contributed by atoms with Crippen molar-refractivity contribution < 1.29 is 14.6 Å². The van der Waals surface area contributed by atoms with Crippen LogP contribution in [0.3, 0.4) is 0 Å². The Bertz CT molecular complexity index is 2130. The summed E-state index contributed by atoms with van der Waals surface area (Å²) < 4.78 is 7.16. The summed E-state index contributed by atoms with van der Waals surface area (Å²) >= 11 is 14.2. The highest BCUT2D eigenvalue weighted by Crippen LogP contribution is 2.42. The number of ether oxygens (including phenoxy) is 1. The smallest absolute Gasteiger partial charge is 0.258 e. The molecule has 12 heteroatoms. The summed E-state index contributed by atoms with van der Waals surface area (Å²) in [5.74, 6) is 0.583. The van der Waals surface area contributed by atoms with Crippen LogP contribution in [0.25, 0.3) is 39.2 Å². The van der Waals surface area contributed by atoms with Gasteiger partial charge in [0.05, 0.1) is 34.1 Å². The van der Waals surface area contributed by atoms with Crippen molar-refractivity contribution in [1.82, 2.24) is 29.9 Å². The molecular formula is C37H36Cl2N6O4. The van der Waals surface area contributed by atoms with Crippen LogP contribution in [0.1, 0.15) is 31.0 Å². The number of likely N-dealkylation sites (tertiary alicyclic amines) is 1. The van der Waals surface area contributed by atoms with Crippen LogP contribution in [0.5, 0.6) is 5.88 Å². The summed E-state index contributed by atoms with van der Waals surface area (Å²) in [6, 6.07) is 20.8. The lowest BCUT2D eigenvalue weighted by atomic mass is 9.97. The Morgan fingerprint density at radius 3 is 2.39 bits per heavy atom. The zero-order valence-electron chi connectivity index (χ0n) is 27.2. The average Bonchev–Trinajstić information content (AvgIpc) is 3.49. The minimum absolute atomic E-state index is 0.0930. The van der Waals surface area contributed by atoms with Gasteiger partial charge in [-0.2, -0.15) is 0 Å². The van der Waals surface area contributed by atoms with Crippen LogP contribution >= 0.6 is 23.2 Å². The number of rotatable bonds is 10. The van der Waals surface area contributed by atoms with Crippen LogP contribution in [0.2, 0.25) is 10.0 Å². The summed E-state index contributed by atoms with van der Waals surface area (Å²) in [4.78, 5) is 36.2. The number of benzene rings is 2. The number of nitrogens with zero attached hydrogens (tertiary/aromatic N) is 4. The maximum absolute atomic E-state index is 13.1. The molecule has 0 radical (unpaired) electrons. The quantitative estimate of drug-likeness (QED) is 0.179. The summed E-state index contributed by atoms with van der Waals surface area (Å²) in [6.07, 6.45) is 3.15. The van der Waals surface area contributed by atoms with Gasteiger partial charge in [-0.1, -0.05) is 65.7 Å². The molecule has 3 N–H and O–H groups in total. The van der Waals surface area contributed by atoms with Crippen molar-refractivity contribution in [3.05, 3.63) is 105 Å². The second kappa shape index (κ2) is 13.5. The van der Waals surface area contributed by atoms with E-state index in [-0.39, 0.29) is 17.5 Å². The van der Waals surface area contributed by atoms with Crippen molar-refractivity contribution in [1.29, 1.82) is 0 Å². The van der Waals surface area contributed by atoms with E-state index >= 15 is 0 Å². The number of amides is 1. The van der Waals surface area contributed by atoms with Gasteiger partial charge in [0, 0.05) is 90.8 Å². The topological polar surface area (TPSA) is 121 Å². The second-order valence-electron chi connectivity index (χ2n) is 13.0. The lowest BCUT2D eigenvalue weighted by Gasteiger charge is -2.44. The monoisotopic (exact) mass is 698 g/mol. The molecule has 2 saturated heterocycles. The summed E-state index contributed by atoms with van der Waals surface area (Å²) in [5.41, 5.74) is 5.58. The summed E-state index contributed by atoms with van der Waals surface area (Å²) in [5, 5.41) is 17.4. The molecule has 2 aliphatic heterocycles. The number of carbonyl (C=O) groups is 1. The van der Waals surface area contributed by atoms with Gasteiger partial charge in [-0.3, -0.25) is 18.9 Å². The van der Waals surface area contributed by atoms with E-state index in [1.54, 1.807) is 20.2 Å². The van der Waals surface area contributed by atoms with Crippen molar-refractivity contribution in [2.45, 2.75) is 44.5 Å². The van der Waals surface area contributed by atoms with Crippen LogP contribution in [-0.2, 0) is 17.9 Å². The number of hydrogen-bond donors (Lipinski definition) is 3. The Kier molecular flexibility index (Phi) is 9.17. The Morgan fingerprint density at radius 2 is 1.69 bits per heavy atom. The molecule has 0 bridgehead atoms. The van der Waals surface area contributed by atoms with Gasteiger partial charge in [-0.15, -0.1) is 0 Å². The van der Waals surface area contributed by atoms with Crippen LogP contribution < -0.4 is 20.9 Å². The molecule has 7 rings (SSSR count). The van der Waals surface area contributed by atoms with Gasteiger partial charge in [-0.25, -0.2) is 9.97 Å². The molecule has 1 atom stereocenters. The molecule has 3 aromatic heterocycles. The fraction of sp³-hybridized carbons (Fsp3) is 0.297. The van der Waals surface area contributed by atoms with Crippen molar-refractivity contribution >= 4 is 34.8 Å². The first-order chi connectivity index (χ1) is 23.6. The highest BCUT2D eigenvalue weighted by atomic mass is 35.5. The van der Waals surface area contributed by atoms with E-state index in [1.807, 2.05) is 60.7 Å². The normalized spacial score (nSPS) is 17.2. The van der Waals surface area contributed by atoms with Gasteiger partial charge in [0.25, 0.3) is 5.56 Å². The second-order valence-corrected chi connectivity index (χ2v) is 13.8. The maximum Gasteiger partial charge on any atom is 0.258 e. The highest BCUT2D eigenvalue weighted by molar-refractivity contribution is 6.39. The molecule has 5 aromatic rings. The molecule has 5 heterocycles. The largest absolute Gasteiger partial charge is 0.481 e. The minimum atomic E-state index is -0.689. The van der Waals surface area contributed by atoms with Crippen molar-refractivity contribution in [2.24, 2.45) is 0 Å². The Hall–Kier alpha value is -4.32. The summed E-state index contributed by atoms with van der Waals surface area (Å²) in [6.45, 7) is 4.61. The molecule has 1 amide bonds. The minimum Gasteiger partial charge on any atom is -0.481 e. The maximum atomic E-state index is 13.1. The fourth-order valence-electron chi connectivity index (χ4n) is 6.69. The Morgan fingerprint density at radius 1 is 0.980 bits per heavy atom. The predicted octanol–water partition coefficient (Wildman–Crippen LogP) is 5.34. The van der Waals surface area contributed by atoms with Gasteiger partial charge >= 0.3 is 0 Å². The van der Waals surface area contributed by atoms with Gasteiger partial charge in [0.2, 0.25) is 11.8 Å². The van der Waals surface area contributed by atoms with E-state index in [1.165, 1.54) is 10.5 Å². The van der Waals surface area contributed by atoms with Crippen LogP contribution in [0.4, 0.5) is 0 Å². The number of methoxy groups -OCH3 is 1. The number of pyridine rings is 2. The summed E-state index contributed by atoms with van der Waals surface area (Å²) in [7, 11) is 1.59. The molecule has 252 valence electrons. The molecule has 0 spiro atoms. The number of aromatic nitrogens is 3. The zero-order chi connectivity index (χ0) is 34.3. The molecule has 0 aliphatic carbocycles. The molecule has 2 aliphatic rings. The van der Waals surface area contributed by atoms with E-state index in [2.05, 4.69) is 20.5 Å². The molecule has 49 heavy (non-hydrogen) atoms. The van der Waals surface area contributed by atoms with Crippen LogP contribution in [-0.4, -0.2) is 68.7 Å². The van der Waals surface area contributed by atoms with Crippen molar-refractivity contribution in [3.63, 3.8) is 0 Å². The number of halogens is 2. The van der Waals surface area contributed by atoms with E-state index in [9.17, 15) is 14.7 Å². The van der Waals surface area contributed by atoms with E-state index < -0.39 is 5.60 Å². The zero-order valence-corrected chi connectivity index (χ0v) is 28.7. The molecule has 0 unspecified atom stereocenters. The van der Waals surface area contributed by atoms with Gasteiger partial charge in [0.15, 0.2) is 0 Å². The first-order valence-corrected chi connectivity index (χ1v) is 16.9. The van der Waals surface area contributed by atoms with Crippen molar-refractivity contribution in [3.8, 4) is 39.4 Å². The van der Waals surface area contributed by atoms with E-state index in [4.69, 9.17) is 32.9 Å². The highest BCUT2D eigenvalue weighted by Gasteiger charge is 2.36. The molecule has 2 fully saturated rings. The van der Waals surface area contributed by atoms with Crippen LogP contribution in [0.15, 0.2) is 77.7 Å². The number of carbonyl (C=O) groups excluding carboxylic acids is 1. The molecular weight excluding hydrogens is 663 g/mol. The van der Waals surface area contributed by atoms with Gasteiger partial charge < -0.3 is 20.5 Å². The van der Waals surface area contributed by atoms with Gasteiger partial charge in [-0.05, 0) is 31.5 Å². The molecule has 10 nitrogen and oxygen atoms in total. The number of aliphatic hydroxyl groups is 1. The number of hydrogen-bond acceptors (Lipinski definition) is 8. The van der Waals surface area contributed by atoms with E-state index in [0.29, 0.717) is 72.1 Å². The SMILES string of the molecule is COc1nc(-c2cccc(-c3cccc(-c4ccc5nc(CN6CC(C)(O)C6)cc(=O)n5c4)c3Cl)c2Cl)ccc1CNC[C@H]1CCC(=O)N1. The molecule has 2 aromatic carbocycles. The standard InChI is InChI=1S/C37H36Cl2N6O4/c1-37(48)20-44(21-37)19-25-15-33(47)45-18-23(10-13-31(45)41-25)26-5-3-6-27(34(26)38)28-7-4-8-29(35(28)39)30-12-9-22(36(43-30)49-2)16-40-17-24-11-14-32(46)42-24/h3-10,12-13,15,18,24,40,48H,11,14,16-17,19-21H2,1-2H3,(H,42,46)/t24-/m1/s1. The predicted molar refractivity (Wildman–Crippen MR) is 191 cm³/mol. The lowest BCUT2D eigenvalue weighted by molar-refractivity contribution is -0.119. The third kappa shape index (κ3) is 6.92. The third-order valence-corrected chi connectivity index (χ3v) is 9.84. The number of nitrogens with one attached hydrogen (secondary N) is 2. The van der Waals surface area contributed by atoms with Crippen molar-refractivity contribution in [2.75, 3.05) is 26.7 Å². The average molecular weight is 700 g/mol.